The fourth-order valence-electron chi connectivity index (χ4n) is 4.08. The molecule has 6 heteroatoms. The number of allylic oxidation sites excluding steroid dienone is 2. The molecule has 0 fully saturated rings. The molecule has 1 aromatic heterocycles. The lowest BCUT2D eigenvalue weighted by Crippen LogP contribution is -2.13. The van der Waals surface area contributed by atoms with E-state index in [9.17, 15) is 25.2 Å². The van der Waals surface area contributed by atoms with E-state index in [2.05, 4.69) is 20.4 Å². The van der Waals surface area contributed by atoms with Gasteiger partial charge < -0.3 is 24.8 Å². The number of hydrogen-bond acceptors (Lipinski definition) is 6. The average Bonchev–Trinajstić information content (AvgIpc) is 2.76. The smallest absolute Gasteiger partial charge is 0.204 e. The molecule has 3 rings (SSSR count). The topological polar surface area (TPSA) is 111 Å². The molecule has 0 aliphatic carbocycles. The first-order chi connectivity index (χ1) is 16.0. The largest absolute Gasteiger partial charge is 0.508 e. The molecule has 0 saturated carbocycles. The van der Waals surface area contributed by atoms with Crippen LogP contribution in [-0.4, -0.2) is 26.5 Å². The highest BCUT2D eigenvalue weighted by Gasteiger charge is 2.25. The summed E-state index contributed by atoms with van der Waals surface area (Å²) < 4.78 is 5.99. The molecule has 4 N–H and O–H groups in total. The minimum Gasteiger partial charge on any atom is -0.508 e. The van der Waals surface area contributed by atoms with Crippen LogP contribution in [0.2, 0.25) is 0 Å². The van der Waals surface area contributed by atoms with Crippen molar-refractivity contribution in [1.82, 2.24) is 0 Å². The Morgan fingerprint density at radius 2 is 1.82 bits per heavy atom. The molecule has 3 aromatic rings. The Morgan fingerprint density at radius 3 is 2.47 bits per heavy atom. The first-order valence-electron chi connectivity index (χ1n) is 11.7. The van der Waals surface area contributed by atoms with Crippen LogP contribution in [0.25, 0.3) is 21.9 Å². The average molecular weight is 467 g/mol. The van der Waals surface area contributed by atoms with Crippen molar-refractivity contribution in [3.05, 3.63) is 63.4 Å². The molecule has 0 radical (unpaired) electrons. The Morgan fingerprint density at radius 1 is 1.12 bits per heavy atom. The number of hydrogen-bond donors (Lipinski definition) is 4. The number of aliphatic hydroxyl groups is 1. The predicted molar refractivity (Wildman–Crippen MR) is 136 cm³/mol. The molecule has 34 heavy (non-hydrogen) atoms. The van der Waals surface area contributed by atoms with E-state index < -0.39 is 17.3 Å². The Kier molecular flexibility index (Phi) is 7.72. The van der Waals surface area contributed by atoms with Crippen LogP contribution in [0, 0.1) is 5.92 Å². The molecule has 182 valence electrons. The van der Waals surface area contributed by atoms with Gasteiger partial charge in [0, 0.05) is 17.5 Å². The first-order valence-corrected chi connectivity index (χ1v) is 11.7. The summed E-state index contributed by atoms with van der Waals surface area (Å²) in [5.74, 6) is -0.122. The van der Waals surface area contributed by atoms with Crippen molar-refractivity contribution in [3.63, 3.8) is 0 Å². The van der Waals surface area contributed by atoms with Crippen LogP contribution >= 0.6 is 0 Å². The summed E-state index contributed by atoms with van der Waals surface area (Å²) in [6.07, 6.45) is 4.26. The van der Waals surface area contributed by atoms with Crippen molar-refractivity contribution in [2.45, 2.75) is 65.9 Å². The maximum atomic E-state index is 13.3. The molecule has 0 bridgehead atoms. The molecule has 0 aliphatic heterocycles. The van der Waals surface area contributed by atoms with Crippen molar-refractivity contribution < 1.29 is 24.8 Å². The van der Waals surface area contributed by atoms with Gasteiger partial charge in [0.15, 0.2) is 0 Å². The van der Waals surface area contributed by atoms with E-state index in [1.54, 1.807) is 6.92 Å². The molecule has 0 saturated heterocycles. The van der Waals surface area contributed by atoms with Crippen LogP contribution in [0.1, 0.15) is 58.1 Å². The van der Waals surface area contributed by atoms with Gasteiger partial charge in [-0.25, -0.2) is 0 Å². The van der Waals surface area contributed by atoms with Crippen molar-refractivity contribution in [2.75, 3.05) is 0 Å². The zero-order valence-corrected chi connectivity index (χ0v) is 20.3. The second-order valence-electron chi connectivity index (χ2n) is 9.58. The van der Waals surface area contributed by atoms with E-state index >= 15 is 0 Å². The van der Waals surface area contributed by atoms with E-state index in [1.165, 1.54) is 18.2 Å². The summed E-state index contributed by atoms with van der Waals surface area (Å²) in [6, 6.07) is 4.18. The lowest BCUT2D eigenvalue weighted by Gasteiger charge is -2.18. The number of phenols is 3. The van der Waals surface area contributed by atoms with Crippen molar-refractivity contribution in [3.8, 4) is 17.2 Å². The van der Waals surface area contributed by atoms with Crippen LogP contribution in [0.15, 0.2) is 51.2 Å². The molecule has 0 aliphatic rings. The molecular formula is C28H34O6. The van der Waals surface area contributed by atoms with Gasteiger partial charge in [-0.2, -0.15) is 0 Å². The number of aliphatic hydroxyl groups excluding tert-OH is 1. The second-order valence-corrected chi connectivity index (χ2v) is 9.58. The molecule has 0 spiro atoms. The summed E-state index contributed by atoms with van der Waals surface area (Å²) >= 11 is 0. The van der Waals surface area contributed by atoms with Crippen molar-refractivity contribution >= 4 is 21.9 Å². The van der Waals surface area contributed by atoms with Crippen LogP contribution in [0.5, 0.6) is 17.2 Å². The molecule has 1 heterocycles. The zero-order valence-electron chi connectivity index (χ0n) is 20.3. The summed E-state index contributed by atoms with van der Waals surface area (Å²) in [6.45, 7) is 11.8. The molecule has 0 amide bonds. The Hall–Kier alpha value is -3.25. The Balaban J connectivity index is 2.21. The second kappa shape index (κ2) is 10.3. The fraction of sp³-hybridized carbons (Fsp3) is 0.393. The minimum atomic E-state index is -1.01. The quantitative estimate of drug-likeness (QED) is 0.232. The van der Waals surface area contributed by atoms with Gasteiger partial charge in [-0.05, 0) is 57.2 Å². The fourth-order valence-corrected chi connectivity index (χ4v) is 4.08. The highest BCUT2D eigenvalue weighted by atomic mass is 16.3. The normalized spacial score (nSPS) is 13.2. The van der Waals surface area contributed by atoms with Gasteiger partial charge in [0.2, 0.25) is 5.43 Å². The van der Waals surface area contributed by atoms with E-state index in [4.69, 9.17) is 4.42 Å². The van der Waals surface area contributed by atoms with Crippen molar-refractivity contribution in [1.29, 1.82) is 0 Å². The zero-order chi connectivity index (χ0) is 25.2. The molecular weight excluding hydrogens is 432 g/mol. The summed E-state index contributed by atoms with van der Waals surface area (Å²) in [4.78, 5) is 13.3. The van der Waals surface area contributed by atoms with Gasteiger partial charge in [-0.15, -0.1) is 0 Å². The number of aromatic hydroxyl groups is 3. The third-order valence-electron chi connectivity index (χ3n) is 6.22. The van der Waals surface area contributed by atoms with Crippen LogP contribution in [-0.2, 0) is 12.8 Å². The number of benzene rings is 2. The minimum absolute atomic E-state index is 0.0654. The maximum Gasteiger partial charge on any atom is 0.204 e. The molecule has 1 atom stereocenters. The van der Waals surface area contributed by atoms with Crippen LogP contribution < -0.4 is 5.43 Å². The van der Waals surface area contributed by atoms with Gasteiger partial charge in [-0.3, -0.25) is 4.79 Å². The summed E-state index contributed by atoms with van der Waals surface area (Å²) in [5.41, 5.74) is 1.87. The SMILES string of the molecule is C=C(C)C(O)Cc1c(O)c(C/C=C(\C)CCCC(C)C)c2oc3ccc(O)cc3c(=O)c2c1O. The Labute approximate surface area is 199 Å². The molecule has 1 unspecified atom stereocenters. The van der Waals surface area contributed by atoms with Crippen molar-refractivity contribution in [2.24, 2.45) is 5.92 Å². The molecule has 2 aromatic carbocycles. The predicted octanol–water partition coefficient (Wildman–Crippen LogP) is 5.86. The first kappa shape index (κ1) is 25.4. The lowest BCUT2D eigenvalue weighted by atomic mass is 9.93. The highest BCUT2D eigenvalue weighted by Crippen LogP contribution is 2.41. The van der Waals surface area contributed by atoms with E-state index in [1.807, 2.05) is 13.0 Å². The van der Waals surface area contributed by atoms with E-state index in [0.717, 1.165) is 24.8 Å². The number of fused-ring (bicyclic) bond motifs is 2. The monoisotopic (exact) mass is 466 g/mol. The summed E-state index contributed by atoms with van der Waals surface area (Å²) in [5, 5.41) is 42.4. The number of phenolic OH excluding ortho intramolecular Hbond substituents is 3. The third-order valence-corrected chi connectivity index (χ3v) is 6.22. The van der Waals surface area contributed by atoms with Gasteiger partial charge in [0.05, 0.1) is 11.5 Å². The third kappa shape index (κ3) is 5.28. The standard InChI is InChI=1S/C28H34O6/c1-15(2)7-6-8-17(5)9-11-19-25(31)21(14-22(30)16(3)4)27(33)24-26(32)20-13-18(29)10-12-23(20)34-28(19)24/h9-10,12-13,15,22,29-31,33H,3,6-8,11,14H2,1-2,4-5H3/b17-9+. The molecule has 6 nitrogen and oxygen atoms in total. The van der Waals surface area contributed by atoms with Crippen LogP contribution in [0.3, 0.4) is 0 Å². The van der Waals surface area contributed by atoms with E-state index in [-0.39, 0.29) is 45.4 Å². The Bertz CT molecular complexity index is 1310. The van der Waals surface area contributed by atoms with Gasteiger partial charge >= 0.3 is 0 Å². The van der Waals surface area contributed by atoms with Gasteiger partial charge in [0.25, 0.3) is 0 Å². The summed E-state index contributed by atoms with van der Waals surface area (Å²) in [7, 11) is 0. The van der Waals surface area contributed by atoms with E-state index in [0.29, 0.717) is 23.5 Å². The number of rotatable bonds is 9. The highest BCUT2D eigenvalue weighted by molar-refractivity contribution is 5.97. The van der Waals surface area contributed by atoms with Crippen LogP contribution in [0.4, 0.5) is 0 Å². The lowest BCUT2D eigenvalue weighted by molar-refractivity contribution is 0.209. The maximum absolute atomic E-state index is 13.3. The van der Waals surface area contributed by atoms with Gasteiger partial charge in [-0.1, -0.05) is 44.1 Å². The van der Waals surface area contributed by atoms with Gasteiger partial charge in [0.1, 0.15) is 33.8 Å².